The average molecular weight is 356 g/mol. The van der Waals surface area contributed by atoms with Crippen molar-refractivity contribution in [3.05, 3.63) is 63.6 Å². The normalized spacial score (nSPS) is 16.5. The summed E-state index contributed by atoms with van der Waals surface area (Å²) in [6.45, 7) is 3.72. The van der Waals surface area contributed by atoms with Crippen LogP contribution in [0.4, 0.5) is 0 Å². The van der Waals surface area contributed by atoms with Gasteiger partial charge in [0, 0.05) is 32.0 Å². The number of methoxy groups -OCH3 is 1. The maximum atomic E-state index is 13.0. The fourth-order valence-electron chi connectivity index (χ4n) is 3.20. The van der Waals surface area contributed by atoms with Gasteiger partial charge in [0.05, 0.1) is 13.2 Å². The van der Waals surface area contributed by atoms with Crippen molar-refractivity contribution in [2.45, 2.75) is 32.4 Å². The van der Waals surface area contributed by atoms with Gasteiger partial charge in [-0.15, -0.1) is 0 Å². The van der Waals surface area contributed by atoms with Gasteiger partial charge in [0.25, 0.3) is 5.91 Å². The van der Waals surface area contributed by atoms with Crippen LogP contribution in [-0.4, -0.2) is 42.2 Å². The number of aromatic amines is 1. The van der Waals surface area contributed by atoms with E-state index in [0.29, 0.717) is 13.1 Å². The molecule has 1 aromatic heterocycles. The van der Waals surface area contributed by atoms with Crippen molar-refractivity contribution >= 4 is 5.91 Å². The summed E-state index contributed by atoms with van der Waals surface area (Å²) in [6.07, 6.45) is 3.41. The fourth-order valence-corrected chi connectivity index (χ4v) is 3.20. The number of aromatic nitrogens is 1. The van der Waals surface area contributed by atoms with Crippen molar-refractivity contribution in [2.75, 3.05) is 20.3 Å². The predicted molar refractivity (Wildman–Crippen MR) is 98.5 cm³/mol. The minimum absolute atomic E-state index is 0.0359. The van der Waals surface area contributed by atoms with Gasteiger partial charge in [-0.05, 0) is 25.3 Å². The molecule has 1 N–H and O–H groups in total. The van der Waals surface area contributed by atoms with E-state index in [0.717, 1.165) is 30.6 Å². The standard InChI is InChI=1S/C20H24N2O4/c1-14-5-3-6-15(9-14)12-22(13-16-7-4-8-26-16)20(24)17-10-18(23)19(25-2)11-21-17/h3,5-6,9-11,16H,4,7-8,12-13H2,1-2H3,(H,21,23). The fraction of sp³-hybridized carbons (Fsp3) is 0.400. The summed E-state index contributed by atoms with van der Waals surface area (Å²) in [5.74, 6) is -0.0346. The van der Waals surface area contributed by atoms with E-state index in [-0.39, 0.29) is 28.9 Å². The van der Waals surface area contributed by atoms with Gasteiger partial charge in [0.1, 0.15) is 5.69 Å². The molecule has 0 radical (unpaired) electrons. The Labute approximate surface area is 152 Å². The second-order valence-electron chi connectivity index (χ2n) is 6.59. The van der Waals surface area contributed by atoms with E-state index in [9.17, 15) is 9.59 Å². The Bertz CT molecular complexity index is 825. The van der Waals surface area contributed by atoms with Crippen LogP contribution in [0.15, 0.2) is 41.3 Å². The van der Waals surface area contributed by atoms with Gasteiger partial charge in [0.2, 0.25) is 5.43 Å². The third-order valence-corrected chi connectivity index (χ3v) is 4.52. The van der Waals surface area contributed by atoms with Crippen LogP contribution in [0.2, 0.25) is 0 Å². The molecular weight excluding hydrogens is 332 g/mol. The molecule has 6 heteroatoms. The highest BCUT2D eigenvalue weighted by atomic mass is 16.5. The lowest BCUT2D eigenvalue weighted by Gasteiger charge is -2.25. The van der Waals surface area contributed by atoms with Gasteiger partial charge in [-0.25, -0.2) is 0 Å². The Hall–Kier alpha value is -2.60. The van der Waals surface area contributed by atoms with Gasteiger partial charge in [-0.1, -0.05) is 29.8 Å². The van der Waals surface area contributed by atoms with Crippen LogP contribution < -0.4 is 10.2 Å². The highest BCUT2D eigenvalue weighted by Gasteiger charge is 2.24. The van der Waals surface area contributed by atoms with Crippen LogP contribution in [0.1, 0.15) is 34.5 Å². The summed E-state index contributed by atoms with van der Waals surface area (Å²) in [4.78, 5) is 29.7. The lowest BCUT2D eigenvalue weighted by Crippen LogP contribution is -2.37. The summed E-state index contributed by atoms with van der Waals surface area (Å²) >= 11 is 0. The minimum atomic E-state index is -0.317. The maximum Gasteiger partial charge on any atom is 0.270 e. The number of aryl methyl sites for hydroxylation is 1. The van der Waals surface area contributed by atoms with E-state index in [2.05, 4.69) is 11.1 Å². The molecule has 1 atom stereocenters. The number of benzene rings is 1. The van der Waals surface area contributed by atoms with Gasteiger partial charge >= 0.3 is 0 Å². The Balaban J connectivity index is 1.84. The molecule has 2 heterocycles. The number of ether oxygens (including phenoxy) is 2. The first kappa shape index (κ1) is 18.2. The van der Waals surface area contributed by atoms with Crippen LogP contribution in [-0.2, 0) is 11.3 Å². The Kier molecular flexibility index (Phi) is 5.73. The van der Waals surface area contributed by atoms with E-state index >= 15 is 0 Å². The summed E-state index contributed by atoms with van der Waals surface area (Å²) < 4.78 is 10.7. The zero-order chi connectivity index (χ0) is 18.5. The molecule has 3 rings (SSSR count). The van der Waals surface area contributed by atoms with Gasteiger partial charge < -0.3 is 19.4 Å². The highest BCUT2D eigenvalue weighted by molar-refractivity contribution is 5.92. The molecule has 1 aliphatic heterocycles. The van der Waals surface area contributed by atoms with Crippen LogP contribution in [0.3, 0.4) is 0 Å². The Morgan fingerprint density at radius 2 is 2.23 bits per heavy atom. The molecule has 2 aromatic rings. The van der Waals surface area contributed by atoms with Gasteiger partial charge in [-0.2, -0.15) is 0 Å². The zero-order valence-corrected chi connectivity index (χ0v) is 15.2. The van der Waals surface area contributed by atoms with Gasteiger partial charge in [-0.3, -0.25) is 9.59 Å². The van der Waals surface area contributed by atoms with E-state index in [1.54, 1.807) is 4.90 Å². The van der Waals surface area contributed by atoms with E-state index in [1.807, 2.05) is 25.1 Å². The molecule has 1 unspecified atom stereocenters. The smallest absolute Gasteiger partial charge is 0.270 e. The molecule has 0 spiro atoms. The molecular formula is C20H24N2O4. The predicted octanol–water partition coefficient (Wildman–Crippen LogP) is 2.51. The van der Waals surface area contributed by atoms with E-state index < -0.39 is 0 Å². The minimum Gasteiger partial charge on any atom is -0.491 e. The van der Waals surface area contributed by atoms with Gasteiger partial charge in [0.15, 0.2) is 5.75 Å². The third kappa shape index (κ3) is 4.32. The van der Waals surface area contributed by atoms with Crippen molar-refractivity contribution in [1.82, 2.24) is 9.88 Å². The monoisotopic (exact) mass is 356 g/mol. The van der Waals surface area contributed by atoms with Crippen molar-refractivity contribution in [3.8, 4) is 5.75 Å². The molecule has 138 valence electrons. The molecule has 1 fully saturated rings. The largest absolute Gasteiger partial charge is 0.491 e. The number of pyridine rings is 1. The average Bonchev–Trinajstić information content (AvgIpc) is 3.13. The third-order valence-electron chi connectivity index (χ3n) is 4.52. The summed E-state index contributed by atoms with van der Waals surface area (Å²) in [5, 5.41) is 0. The molecule has 1 aliphatic rings. The first-order valence-corrected chi connectivity index (χ1v) is 8.80. The van der Waals surface area contributed by atoms with Crippen LogP contribution in [0.5, 0.6) is 5.75 Å². The van der Waals surface area contributed by atoms with Crippen molar-refractivity contribution in [2.24, 2.45) is 0 Å². The first-order chi connectivity index (χ1) is 12.6. The Morgan fingerprint density at radius 1 is 1.38 bits per heavy atom. The number of amides is 1. The molecule has 1 amide bonds. The lowest BCUT2D eigenvalue weighted by molar-refractivity contribution is 0.0502. The number of H-pyrrole nitrogens is 1. The molecule has 1 saturated heterocycles. The molecule has 0 bridgehead atoms. The zero-order valence-electron chi connectivity index (χ0n) is 15.2. The number of nitrogens with zero attached hydrogens (tertiary/aromatic N) is 1. The summed E-state index contributed by atoms with van der Waals surface area (Å²) in [6, 6.07) is 9.36. The maximum absolute atomic E-state index is 13.0. The second kappa shape index (κ2) is 8.19. The Morgan fingerprint density at radius 3 is 2.88 bits per heavy atom. The number of rotatable bonds is 6. The second-order valence-corrected chi connectivity index (χ2v) is 6.59. The summed E-state index contributed by atoms with van der Waals surface area (Å²) in [7, 11) is 1.42. The number of hydrogen-bond acceptors (Lipinski definition) is 4. The molecule has 0 saturated carbocycles. The molecule has 6 nitrogen and oxygen atoms in total. The molecule has 1 aromatic carbocycles. The number of hydrogen-bond donors (Lipinski definition) is 1. The lowest BCUT2D eigenvalue weighted by atomic mass is 10.1. The van der Waals surface area contributed by atoms with E-state index in [1.165, 1.54) is 19.4 Å². The topological polar surface area (TPSA) is 71.6 Å². The number of carbonyl (C=O) groups excluding carboxylic acids is 1. The van der Waals surface area contributed by atoms with Crippen LogP contribution >= 0.6 is 0 Å². The molecule has 0 aliphatic carbocycles. The molecule has 26 heavy (non-hydrogen) atoms. The quantitative estimate of drug-likeness (QED) is 0.863. The van der Waals surface area contributed by atoms with Crippen molar-refractivity contribution in [3.63, 3.8) is 0 Å². The van der Waals surface area contributed by atoms with Crippen LogP contribution in [0, 0.1) is 6.92 Å². The van der Waals surface area contributed by atoms with Crippen molar-refractivity contribution in [1.29, 1.82) is 0 Å². The number of nitrogens with one attached hydrogen (secondary N) is 1. The summed E-state index contributed by atoms with van der Waals surface area (Å²) in [5.41, 5.74) is 2.13. The van der Waals surface area contributed by atoms with E-state index in [4.69, 9.17) is 9.47 Å². The SMILES string of the molecule is COc1c[nH]c(C(=O)N(Cc2cccc(C)c2)CC2CCCO2)cc1=O. The number of carbonyl (C=O) groups is 1. The van der Waals surface area contributed by atoms with Crippen LogP contribution in [0.25, 0.3) is 0 Å². The van der Waals surface area contributed by atoms with Crippen molar-refractivity contribution < 1.29 is 14.3 Å². The highest BCUT2D eigenvalue weighted by Crippen LogP contribution is 2.17. The first-order valence-electron chi connectivity index (χ1n) is 8.80.